The van der Waals surface area contributed by atoms with Crippen LogP contribution in [-0.2, 0) is 4.74 Å². The van der Waals surface area contributed by atoms with Gasteiger partial charge in [-0.3, -0.25) is 4.79 Å². The number of aromatic hydroxyl groups is 1. The molecule has 0 atom stereocenters. The molecule has 108 valence electrons. The minimum atomic E-state index is -0.822. The van der Waals surface area contributed by atoms with E-state index in [1.165, 1.54) is 11.3 Å². The molecule has 0 aliphatic heterocycles. The van der Waals surface area contributed by atoms with Gasteiger partial charge < -0.3 is 14.8 Å². The van der Waals surface area contributed by atoms with E-state index in [0.717, 1.165) is 14.6 Å². The predicted molar refractivity (Wildman–Crippen MR) is 85.3 cm³/mol. The number of fused-ring (bicyclic) bond motifs is 3. The molecule has 7 heteroatoms. The highest BCUT2D eigenvalue weighted by Gasteiger charge is 2.22. The molecule has 3 aromatic rings. The molecule has 0 radical (unpaired) electrons. The van der Waals surface area contributed by atoms with Crippen molar-refractivity contribution in [3.05, 3.63) is 38.6 Å². The van der Waals surface area contributed by atoms with Gasteiger partial charge in [0.2, 0.25) is 0 Å². The van der Waals surface area contributed by atoms with Crippen LogP contribution < -0.4 is 5.56 Å². The Kier molecular flexibility index (Phi) is 3.46. The van der Waals surface area contributed by atoms with E-state index in [-0.39, 0.29) is 17.9 Å². The maximum Gasteiger partial charge on any atom is 0.347 e. The molecule has 0 aliphatic carbocycles. The summed E-state index contributed by atoms with van der Waals surface area (Å²) in [6.07, 6.45) is 0. The average molecular weight is 368 g/mol. The molecule has 2 heterocycles. The molecule has 0 fully saturated rings. The molecule has 0 saturated heterocycles. The van der Waals surface area contributed by atoms with Gasteiger partial charge in [-0.05, 0) is 25.1 Å². The van der Waals surface area contributed by atoms with E-state index in [4.69, 9.17) is 4.74 Å². The Morgan fingerprint density at radius 2 is 2.24 bits per heavy atom. The lowest BCUT2D eigenvalue weighted by Gasteiger charge is -2.04. The number of benzene rings is 1. The van der Waals surface area contributed by atoms with E-state index in [2.05, 4.69) is 20.9 Å². The van der Waals surface area contributed by atoms with Gasteiger partial charge in [0.15, 0.2) is 11.3 Å². The van der Waals surface area contributed by atoms with Crippen molar-refractivity contribution in [2.75, 3.05) is 6.61 Å². The van der Waals surface area contributed by atoms with Crippen LogP contribution in [0.2, 0.25) is 0 Å². The quantitative estimate of drug-likeness (QED) is 0.680. The number of rotatable bonds is 2. The number of ether oxygens (including phenoxy) is 1. The molecule has 1 aromatic carbocycles. The number of carbonyl (C=O) groups is 1. The second-order valence-electron chi connectivity index (χ2n) is 4.34. The lowest BCUT2D eigenvalue weighted by Crippen LogP contribution is -2.19. The van der Waals surface area contributed by atoms with E-state index in [1.54, 1.807) is 6.92 Å². The summed E-state index contributed by atoms with van der Waals surface area (Å²) >= 11 is 4.68. The number of carbonyl (C=O) groups excluding carboxylic acids is 1. The molecule has 0 spiro atoms. The molecule has 0 saturated carbocycles. The Hall–Kier alpha value is -1.86. The van der Waals surface area contributed by atoms with Crippen LogP contribution in [0.4, 0.5) is 0 Å². The van der Waals surface area contributed by atoms with Crippen molar-refractivity contribution in [1.29, 1.82) is 0 Å². The maximum absolute atomic E-state index is 12.1. The molecule has 0 amide bonds. The normalized spacial score (nSPS) is 11.1. The van der Waals surface area contributed by atoms with Crippen molar-refractivity contribution >= 4 is 53.5 Å². The van der Waals surface area contributed by atoms with E-state index in [9.17, 15) is 14.7 Å². The smallest absolute Gasteiger partial charge is 0.347 e. The van der Waals surface area contributed by atoms with Crippen molar-refractivity contribution in [3.8, 4) is 5.75 Å². The Bertz CT molecular complexity index is 928. The number of esters is 1. The summed E-state index contributed by atoms with van der Waals surface area (Å²) < 4.78 is 7.04. The standard InChI is InChI=1S/C14H10BrNO4S/c1-2-20-14(19)9-11(17)12-10(16-13(9)18)7-5-6(15)3-4-8(7)21-12/h3-5H,2H2,1H3,(H2,16,17,18). The van der Waals surface area contributed by atoms with Crippen LogP contribution in [-0.4, -0.2) is 22.7 Å². The third-order valence-corrected chi connectivity index (χ3v) is 4.72. The van der Waals surface area contributed by atoms with Crippen LogP contribution in [0.1, 0.15) is 17.3 Å². The van der Waals surface area contributed by atoms with Crippen molar-refractivity contribution in [2.24, 2.45) is 0 Å². The van der Waals surface area contributed by atoms with Crippen LogP contribution in [0.15, 0.2) is 27.5 Å². The van der Waals surface area contributed by atoms with E-state index < -0.39 is 11.5 Å². The summed E-state index contributed by atoms with van der Waals surface area (Å²) in [5, 5.41) is 11.1. The van der Waals surface area contributed by atoms with Crippen LogP contribution in [0.3, 0.4) is 0 Å². The first-order chi connectivity index (χ1) is 10.0. The number of halogens is 1. The number of aromatic amines is 1. The molecule has 3 rings (SSSR count). The Morgan fingerprint density at radius 3 is 2.95 bits per heavy atom. The number of hydrogen-bond donors (Lipinski definition) is 2. The highest BCUT2D eigenvalue weighted by molar-refractivity contribution is 9.10. The third-order valence-electron chi connectivity index (χ3n) is 3.05. The molecular formula is C14H10BrNO4S. The summed E-state index contributed by atoms with van der Waals surface area (Å²) in [7, 11) is 0. The highest BCUT2D eigenvalue weighted by Crippen LogP contribution is 2.39. The van der Waals surface area contributed by atoms with Crippen LogP contribution in [0, 0.1) is 0 Å². The fourth-order valence-corrected chi connectivity index (χ4v) is 3.60. The summed E-state index contributed by atoms with van der Waals surface area (Å²) in [6.45, 7) is 1.77. The Labute approximate surface area is 131 Å². The summed E-state index contributed by atoms with van der Waals surface area (Å²) in [6, 6.07) is 5.61. The third kappa shape index (κ3) is 2.22. The van der Waals surface area contributed by atoms with Gasteiger partial charge in [0, 0.05) is 14.6 Å². The zero-order valence-corrected chi connectivity index (χ0v) is 13.3. The number of pyridine rings is 1. The van der Waals surface area contributed by atoms with Crippen molar-refractivity contribution in [3.63, 3.8) is 0 Å². The fourth-order valence-electron chi connectivity index (χ4n) is 2.15. The van der Waals surface area contributed by atoms with Crippen molar-refractivity contribution in [2.45, 2.75) is 6.92 Å². The number of hydrogen-bond acceptors (Lipinski definition) is 5. The van der Waals surface area contributed by atoms with Gasteiger partial charge >= 0.3 is 5.97 Å². The van der Waals surface area contributed by atoms with E-state index >= 15 is 0 Å². The Morgan fingerprint density at radius 1 is 1.48 bits per heavy atom. The van der Waals surface area contributed by atoms with Crippen LogP contribution in [0.25, 0.3) is 20.3 Å². The molecular weight excluding hydrogens is 358 g/mol. The molecule has 21 heavy (non-hydrogen) atoms. The predicted octanol–water partition coefficient (Wildman–Crippen LogP) is 3.39. The molecule has 0 unspecified atom stereocenters. The minimum Gasteiger partial charge on any atom is -0.505 e. The lowest BCUT2D eigenvalue weighted by molar-refractivity contribution is 0.0521. The number of aromatic nitrogens is 1. The first kappa shape index (κ1) is 14.1. The van der Waals surface area contributed by atoms with Gasteiger partial charge in [-0.2, -0.15) is 0 Å². The first-order valence-electron chi connectivity index (χ1n) is 6.17. The zero-order chi connectivity index (χ0) is 15.1. The van der Waals surface area contributed by atoms with Gasteiger partial charge in [-0.25, -0.2) is 4.79 Å². The van der Waals surface area contributed by atoms with Gasteiger partial charge in [0.25, 0.3) is 5.56 Å². The topological polar surface area (TPSA) is 79.4 Å². The van der Waals surface area contributed by atoms with Crippen molar-refractivity contribution < 1.29 is 14.6 Å². The van der Waals surface area contributed by atoms with Crippen LogP contribution >= 0.6 is 27.3 Å². The molecule has 2 N–H and O–H groups in total. The number of nitrogens with one attached hydrogen (secondary N) is 1. The second-order valence-corrected chi connectivity index (χ2v) is 6.31. The van der Waals surface area contributed by atoms with Gasteiger partial charge in [0.05, 0.1) is 16.8 Å². The number of H-pyrrole nitrogens is 1. The van der Waals surface area contributed by atoms with E-state index in [1.807, 2.05) is 18.2 Å². The second kappa shape index (κ2) is 5.16. The highest BCUT2D eigenvalue weighted by atomic mass is 79.9. The summed E-state index contributed by atoms with van der Waals surface area (Å²) in [5.41, 5.74) is -0.486. The summed E-state index contributed by atoms with van der Waals surface area (Å²) in [4.78, 5) is 26.5. The lowest BCUT2D eigenvalue weighted by atomic mass is 10.2. The van der Waals surface area contributed by atoms with Crippen LogP contribution in [0.5, 0.6) is 5.75 Å². The molecule has 5 nitrogen and oxygen atoms in total. The van der Waals surface area contributed by atoms with Gasteiger partial charge in [-0.15, -0.1) is 11.3 Å². The SMILES string of the molecule is CCOC(=O)c1c(O)c2sc3ccc(Br)cc3c2[nH]c1=O. The van der Waals surface area contributed by atoms with Gasteiger partial charge in [-0.1, -0.05) is 15.9 Å². The molecule has 0 bridgehead atoms. The van der Waals surface area contributed by atoms with E-state index in [0.29, 0.717) is 10.2 Å². The summed E-state index contributed by atoms with van der Waals surface area (Å²) in [5.74, 6) is -1.15. The average Bonchev–Trinajstić information content (AvgIpc) is 2.78. The monoisotopic (exact) mass is 367 g/mol. The zero-order valence-electron chi connectivity index (χ0n) is 10.9. The fraction of sp³-hybridized carbons (Fsp3) is 0.143. The largest absolute Gasteiger partial charge is 0.505 e. The maximum atomic E-state index is 12.1. The first-order valence-corrected chi connectivity index (χ1v) is 7.78. The Balaban J connectivity index is 2.38. The number of thiophene rings is 1. The van der Waals surface area contributed by atoms with Gasteiger partial charge in [0.1, 0.15) is 0 Å². The minimum absolute atomic E-state index is 0.134. The molecule has 2 aromatic heterocycles. The molecule has 0 aliphatic rings. The van der Waals surface area contributed by atoms with Crippen molar-refractivity contribution in [1.82, 2.24) is 4.98 Å².